The summed E-state index contributed by atoms with van der Waals surface area (Å²) in [5, 5.41) is 10.8. The molecule has 1 aromatic rings. The third-order valence-corrected chi connectivity index (χ3v) is 5.06. The van der Waals surface area contributed by atoms with E-state index in [4.69, 9.17) is 4.74 Å². The molecular formula is C18H26O2. The first-order valence-corrected chi connectivity index (χ1v) is 7.73. The molecule has 110 valence electrons. The Morgan fingerprint density at radius 3 is 2.35 bits per heavy atom. The van der Waals surface area contributed by atoms with E-state index in [9.17, 15) is 5.11 Å². The number of aliphatic hydroxyl groups is 1. The molecule has 0 amide bonds. The van der Waals surface area contributed by atoms with E-state index >= 15 is 0 Å². The third kappa shape index (κ3) is 2.51. The van der Waals surface area contributed by atoms with E-state index in [1.54, 1.807) is 0 Å². The van der Waals surface area contributed by atoms with Crippen molar-refractivity contribution < 1.29 is 9.84 Å². The number of rotatable bonds is 3. The second kappa shape index (κ2) is 4.57. The minimum Gasteiger partial charge on any atom is -0.392 e. The topological polar surface area (TPSA) is 29.5 Å². The molecule has 0 spiro atoms. The molecule has 4 atom stereocenters. The molecule has 1 heterocycles. The second-order valence-corrected chi connectivity index (χ2v) is 7.68. The first-order chi connectivity index (χ1) is 9.30. The third-order valence-electron chi connectivity index (χ3n) is 5.06. The van der Waals surface area contributed by atoms with E-state index in [2.05, 4.69) is 52.0 Å². The summed E-state index contributed by atoms with van der Waals surface area (Å²) in [5.74, 6) is 1.17. The van der Waals surface area contributed by atoms with E-state index < -0.39 is 0 Å². The van der Waals surface area contributed by atoms with Crippen molar-refractivity contribution in [3.8, 4) is 0 Å². The number of hydrogen-bond donors (Lipinski definition) is 1. The number of hydrogen-bond acceptors (Lipinski definition) is 2. The maximum atomic E-state index is 10.8. The van der Waals surface area contributed by atoms with Crippen molar-refractivity contribution in [2.24, 2.45) is 11.8 Å². The van der Waals surface area contributed by atoms with Gasteiger partial charge in [-0.2, -0.15) is 0 Å². The van der Waals surface area contributed by atoms with Gasteiger partial charge in [-0.05, 0) is 57.9 Å². The Morgan fingerprint density at radius 1 is 1.15 bits per heavy atom. The molecule has 2 fully saturated rings. The van der Waals surface area contributed by atoms with Gasteiger partial charge < -0.3 is 9.84 Å². The number of benzene rings is 1. The number of ether oxygens (including phenoxy) is 1. The maximum absolute atomic E-state index is 10.8. The van der Waals surface area contributed by atoms with Crippen LogP contribution in [0, 0.1) is 11.8 Å². The van der Waals surface area contributed by atoms with Gasteiger partial charge in [-0.15, -0.1) is 0 Å². The van der Waals surface area contributed by atoms with Crippen molar-refractivity contribution in [3.63, 3.8) is 0 Å². The van der Waals surface area contributed by atoms with Gasteiger partial charge in [0.25, 0.3) is 0 Å². The van der Waals surface area contributed by atoms with Crippen LogP contribution in [-0.4, -0.2) is 22.4 Å². The van der Waals surface area contributed by atoms with Crippen molar-refractivity contribution >= 4 is 0 Å². The second-order valence-electron chi connectivity index (χ2n) is 7.68. The summed E-state index contributed by atoms with van der Waals surface area (Å²) < 4.78 is 6.13. The largest absolute Gasteiger partial charge is 0.392 e. The maximum Gasteiger partial charge on any atom is 0.0687 e. The highest BCUT2D eigenvalue weighted by molar-refractivity contribution is 5.26. The molecule has 0 bridgehead atoms. The molecule has 2 nitrogen and oxygen atoms in total. The summed E-state index contributed by atoms with van der Waals surface area (Å²) >= 11 is 0. The first kappa shape index (κ1) is 14.1. The highest BCUT2D eigenvalue weighted by Crippen LogP contribution is 2.55. The Balaban J connectivity index is 1.71. The molecule has 3 rings (SSSR count). The van der Waals surface area contributed by atoms with Gasteiger partial charge in [0.1, 0.15) is 0 Å². The standard InChI is InChI=1S/C18H26O2/c1-17(2)11-15(18(3,4)20-17)16(19)14-10-13(14)12-8-6-5-7-9-12/h5-9,13-16,19H,10-11H2,1-4H3. The summed E-state index contributed by atoms with van der Waals surface area (Å²) in [6.07, 6.45) is 1.80. The van der Waals surface area contributed by atoms with Crippen LogP contribution in [0.25, 0.3) is 0 Å². The van der Waals surface area contributed by atoms with E-state index in [-0.39, 0.29) is 23.2 Å². The van der Waals surface area contributed by atoms with E-state index in [0.29, 0.717) is 11.8 Å². The first-order valence-electron chi connectivity index (χ1n) is 7.73. The SMILES string of the molecule is CC1(C)CC(C(O)C2CC2c2ccccc2)C(C)(C)O1. The normalized spacial score (nSPS) is 35.8. The highest BCUT2D eigenvalue weighted by atomic mass is 16.5. The predicted molar refractivity (Wildman–Crippen MR) is 80.6 cm³/mol. The zero-order chi connectivity index (χ0) is 14.5. The fraction of sp³-hybridized carbons (Fsp3) is 0.667. The molecule has 2 aliphatic rings. The van der Waals surface area contributed by atoms with Crippen molar-refractivity contribution in [1.82, 2.24) is 0 Å². The fourth-order valence-corrected chi connectivity index (χ4v) is 4.11. The van der Waals surface area contributed by atoms with Gasteiger partial charge in [-0.25, -0.2) is 0 Å². The van der Waals surface area contributed by atoms with Crippen LogP contribution in [0.1, 0.15) is 52.0 Å². The summed E-state index contributed by atoms with van der Waals surface area (Å²) in [6, 6.07) is 10.6. The van der Waals surface area contributed by atoms with Crippen LogP contribution in [0.2, 0.25) is 0 Å². The Morgan fingerprint density at radius 2 is 1.80 bits per heavy atom. The minimum absolute atomic E-state index is 0.119. The lowest BCUT2D eigenvalue weighted by Gasteiger charge is -2.30. The summed E-state index contributed by atoms with van der Waals surface area (Å²) in [7, 11) is 0. The smallest absolute Gasteiger partial charge is 0.0687 e. The molecule has 1 aliphatic carbocycles. The zero-order valence-corrected chi connectivity index (χ0v) is 13.0. The highest BCUT2D eigenvalue weighted by Gasteiger charge is 2.54. The lowest BCUT2D eigenvalue weighted by molar-refractivity contribution is -0.0897. The van der Waals surface area contributed by atoms with Gasteiger partial charge in [-0.1, -0.05) is 30.3 Å². The average Bonchev–Trinajstić information content (AvgIpc) is 3.11. The predicted octanol–water partition coefficient (Wildman–Crippen LogP) is 3.74. The monoisotopic (exact) mass is 274 g/mol. The van der Waals surface area contributed by atoms with Gasteiger partial charge in [-0.3, -0.25) is 0 Å². The van der Waals surface area contributed by atoms with E-state index in [0.717, 1.165) is 12.8 Å². The lowest BCUT2D eigenvalue weighted by atomic mass is 9.80. The molecule has 20 heavy (non-hydrogen) atoms. The molecule has 2 heteroatoms. The van der Waals surface area contributed by atoms with Gasteiger partial charge in [0, 0.05) is 5.92 Å². The Bertz CT molecular complexity index is 477. The van der Waals surface area contributed by atoms with Crippen LogP contribution in [0.3, 0.4) is 0 Å². The van der Waals surface area contributed by atoms with Crippen LogP contribution in [0.5, 0.6) is 0 Å². The molecular weight excluding hydrogens is 248 g/mol. The van der Waals surface area contributed by atoms with Crippen molar-refractivity contribution in [2.75, 3.05) is 0 Å². The Hall–Kier alpha value is -0.860. The molecule has 1 N–H and O–H groups in total. The Labute approximate surface area is 122 Å². The average molecular weight is 274 g/mol. The quantitative estimate of drug-likeness (QED) is 0.909. The molecule has 1 aliphatic heterocycles. The summed E-state index contributed by atoms with van der Waals surface area (Å²) in [5.41, 5.74) is 1.02. The van der Waals surface area contributed by atoms with Gasteiger partial charge >= 0.3 is 0 Å². The van der Waals surface area contributed by atoms with Crippen LogP contribution < -0.4 is 0 Å². The molecule has 1 saturated heterocycles. The van der Waals surface area contributed by atoms with Crippen LogP contribution in [0.4, 0.5) is 0 Å². The lowest BCUT2D eigenvalue weighted by Crippen LogP contribution is -2.37. The van der Waals surface area contributed by atoms with E-state index in [1.165, 1.54) is 5.56 Å². The molecule has 1 saturated carbocycles. The number of aliphatic hydroxyl groups excluding tert-OH is 1. The minimum atomic E-state index is -0.253. The van der Waals surface area contributed by atoms with Crippen LogP contribution in [-0.2, 0) is 4.74 Å². The Kier molecular flexibility index (Phi) is 3.22. The van der Waals surface area contributed by atoms with Gasteiger partial charge in [0.05, 0.1) is 17.3 Å². The zero-order valence-electron chi connectivity index (χ0n) is 13.0. The van der Waals surface area contributed by atoms with Crippen molar-refractivity contribution in [1.29, 1.82) is 0 Å². The van der Waals surface area contributed by atoms with E-state index in [1.807, 2.05) is 6.07 Å². The molecule has 0 radical (unpaired) electrons. The van der Waals surface area contributed by atoms with Crippen LogP contribution >= 0.6 is 0 Å². The molecule has 0 aromatic heterocycles. The molecule has 4 unspecified atom stereocenters. The van der Waals surface area contributed by atoms with Crippen molar-refractivity contribution in [2.45, 2.75) is 63.8 Å². The molecule has 1 aromatic carbocycles. The van der Waals surface area contributed by atoms with Crippen LogP contribution in [0.15, 0.2) is 30.3 Å². The van der Waals surface area contributed by atoms with Gasteiger partial charge in [0.15, 0.2) is 0 Å². The summed E-state index contributed by atoms with van der Waals surface area (Å²) in [4.78, 5) is 0. The fourth-order valence-electron chi connectivity index (χ4n) is 4.11. The van der Waals surface area contributed by atoms with Crippen molar-refractivity contribution in [3.05, 3.63) is 35.9 Å². The summed E-state index contributed by atoms with van der Waals surface area (Å²) in [6.45, 7) is 8.50. The van der Waals surface area contributed by atoms with Gasteiger partial charge in [0.2, 0.25) is 0 Å².